The maximum Gasteiger partial charge on any atom is 0.245 e. The van der Waals surface area contributed by atoms with Crippen LogP contribution in [0.4, 0.5) is 8.78 Å². The van der Waals surface area contributed by atoms with Crippen LogP contribution in [0.5, 0.6) is 0 Å². The number of benzene rings is 1. The molecule has 1 rings (SSSR count). The molecule has 0 aliphatic carbocycles. The van der Waals surface area contributed by atoms with Crippen molar-refractivity contribution in [3.05, 3.63) is 35.9 Å². The minimum absolute atomic E-state index is 0.488. The summed E-state index contributed by atoms with van der Waals surface area (Å²) in [6, 6.07) is 8.92. The Morgan fingerprint density at radius 1 is 1.17 bits per heavy atom. The first-order valence-electron chi connectivity index (χ1n) is 4.08. The van der Waals surface area contributed by atoms with E-state index in [0.29, 0.717) is 6.42 Å². The van der Waals surface area contributed by atoms with Gasteiger partial charge in [0.05, 0.1) is 0 Å². The summed E-state index contributed by atoms with van der Waals surface area (Å²) >= 11 is 0. The van der Waals surface area contributed by atoms with E-state index < -0.39 is 12.3 Å². The molecule has 0 aromatic heterocycles. The van der Waals surface area contributed by atoms with Gasteiger partial charge in [-0.1, -0.05) is 37.3 Å². The minimum atomic E-state index is -2.25. The molecule has 0 nitrogen and oxygen atoms in total. The van der Waals surface area contributed by atoms with Crippen molar-refractivity contribution in [2.24, 2.45) is 0 Å². The van der Waals surface area contributed by atoms with Gasteiger partial charge in [0, 0.05) is 5.92 Å². The minimum Gasteiger partial charge on any atom is -0.210 e. The molecule has 0 saturated heterocycles. The molecule has 0 unspecified atom stereocenters. The lowest BCUT2D eigenvalue weighted by Crippen LogP contribution is -2.07. The number of hydrogen-bond donors (Lipinski definition) is 0. The van der Waals surface area contributed by atoms with Crippen LogP contribution in [0.1, 0.15) is 24.8 Å². The summed E-state index contributed by atoms with van der Waals surface area (Å²) in [5.41, 5.74) is 0.731. The fourth-order valence-electron chi connectivity index (χ4n) is 1.26. The van der Waals surface area contributed by atoms with Crippen LogP contribution in [0, 0.1) is 0 Å². The predicted molar refractivity (Wildman–Crippen MR) is 45.5 cm³/mol. The first-order chi connectivity index (χ1) is 5.75. The lowest BCUT2D eigenvalue weighted by molar-refractivity contribution is 0.112. The van der Waals surface area contributed by atoms with Crippen LogP contribution in [0.3, 0.4) is 0 Å². The summed E-state index contributed by atoms with van der Waals surface area (Å²) in [5, 5.41) is 0. The van der Waals surface area contributed by atoms with Gasteiger partial charge in [-0.05, 0) is 12.0 Å². The van der Waals surface area contributed by atoms with Crippen molar-refractivity contribution in [1.82, 2.24) is 0 Å². The van der Waals surface area contributed by atoms with Crippen molar-refractivity contribution in [2.75, 3.05) is 0 Å². The van der Waals surface area contributed by atoms with Crippen molar-refractivity contribution in [2.45, 2.75) is 25.7 Å². The van der Waals surface area contributed by atoms with Gasteiger partial charge in [-0.3, -0.25) is 0 Å². The Balaban J connectivity index is 2.80. The highest BCUT2D eigenvalue weighted by atomic mass is 19.3. The molecule has 0 heterocycles. The van der Waals surface area contributed by atoms with Gasteiger partial charge in [0.2, 0.25) is 6.43 Å². The van der Waals surface area contributed by atoms with Gasteiger partial charge >= 0.3 is 0 Å². The maximum atomic E-state index is 12.4. The molecule has 12 heavy (non-hydrogen) atoms. The third-order valence-electron chi connectivity index (χ3n) is 1.97. The SMILES string of the molecule is CC[C@H](c1ccccc1)C(F)F. The third kappa shape index (κ3) is 2.03. The van der Waals surface area contributed by atoms with Crippen molar-refractivity contribution < 1.29 is 8.78 Å². The van der Waals surface area contributed by atoms with Crippen molar-refractivity contribution in [3.63, 3.8) is 0 Å². The first-order valence-corrected chi connectivity index (χ1v) is 4.08. The number of rotatable bonds is 3. The average molecular weight is 170 g/mol. The van der Waals surface area contributed by atoms with E-state index in [4.69, 9.17) is 0 Å². The number of alkyl halides is 2. The van der Waals surface area contributed by atoms with E-state index in [9.17, 15) is 8.78 Å². The first kappa shape index (κ1) is 9.17. The zero-order valence-corrected chi connectivity index (χ0v) is 7.00. The largest absolute Gasteiger partial charge is 0.245 e. The van der Waals surface area contributed by atoms with Gasteiger partial charge in [-0.25, -0.2) is 8.78 Å². The number of hydrogen-bond acceptors (Lipinski definition) is 0. The van der Waals surface area contributed by atoms with Gasteiger partial charge in [-0.15, -0.1) is 0 Å². The Bertz CT molecular complexity index is 219. The molecule has 0 aliphatic heterocycles. The lowest BCUT2D eigenvalue weighted by atomic mass is 9.97. The summed E-state index contributed by atoms with van der Waals surface area (Å²) in [4.78, 5) is 0. The van der Waals surface area contributed by atoms with Gasteiger partial charge in [0.1, 0.15) is 0 Å². The number of halogens is 2. The van der Waals surface area contributed by atoms with E-state index in [1.807, 2.05) is 6.07 Å². The van der Waals surface area contributed by atoms with Gasteiger partial charge < -0.3 is 0 Å². The summed E-state index contributed by atoms with van der Waals surface area (Å²) in [7, 11) is 0. The van der Waals surface area contributed by atoms with Crippen LogP contribution >= 0.6 is 0 Å². The van der Waals surface area contributed by atoms with E-state index in [2.05, 4.69) is 0 Å². The van der Waals surface area contributed by atoms with Gasteiger partial charge in [0.25, 0.3) is 0 Å². The van der Waals surface area contributed by atoms with Crippen LogP contribution in [0.15, 0.2) is 30.3 Å². The zero-order chi connectivity index (χ0) is 8.97. The quantitative estimate of drug-likeness (QED) is 0.651. The van der Waals surface area contributed by atoms with Crippen molar-refractivity contribution >= 4 is 0 Å². The molecule has 0 fully saturated rings. The highest BCUT2D eigenvalue weighted by Gasteiger charge is 2.19. The Morgan fingerprint density at radius 2 is 1.75 bits per heavy atom. The molecule has 2 heteroatoms. The average Bonchev–Trinajstić information content (AvgIpc) is 2.07. The van der Waals surface area contributed by atoms with Crippen LogP contribution in [0.2, 0.25) is 0 Å². The predicted octanol–water partition coefficient (Wildman–Crippen LogP) is 3.45. The second kappa shape index (κ2) is 4.19. The van der Waals surface area contributed by atoms with E-state index >= 15 is 0 Å². The molecule has 0 saturated carbocycles. The molecule has 0 aliphatic rings. The lowest BCUT2D eigenvalue weighted by Gasteiger charge is -2.13. The third-order valence-corrected chi connectivity index (χ3v) is 1.97. The Labute approximate surface area is 71.2 Å². The Morgan fingerprint density at radius 3 is 2.17 bits per heavy atom. The van der Waals surface area contributed by atoms with Crippen LogP contribution < -0.4 is 0 Å². The molecular weight excluding hydrogens is 158 g/mol. The van der Waals surface area contributed by atoms with Crippen molar-refractivity contribution in [3.8, 4) is 0 Å². The van der Waals surface area contributed by atoms with E-state index in [0.717, 1.165) is 5.56 Å². The molecule has 1 atom stereocenters. The van der Waals surface area contributed by atoms with E-state index in [-0.39, 0.29) is 0 Å². The maximum absolute atomic E-state index is 12.4. The monoisotopic (exact) mass is 170 g/mol. The molecule has 0 radical (unpaired) electrons. The van der Waals surface area contributed by atoms with Crippen molar-refractivity contribution in [1.29, 1.82) is 0 Å². The zero-order valence-electron chi connectivity index (χ0n) is 7.00. The summed E-state index contributed by atoms with van der Waals surface area (Å²) < 4.78 is 24.8. The van der Waals surface area contributed by atoms with E-state index in [1.54, 1.807) is 31.2 Å². The highest BCUT2D eigenvalue weighted by molar-refractivity contribution is 5.19. The Kier molecular flexibility index (Phi) is 3.20. The summed E-state index contributed by atoms with van der Waals surface area (Å²) in [5.74, 6) is -0.605. The molecule has 1 aromatic rings. The highest BCUT2D eigenvalue weighted by Crippen LogP contribution is 2.25. The molecule has 66 valence electrons. The molecular formula is C10H12F2. The normalized spacial score (nSPS) is 13.3. The summed E-state index contributed by atoms with van der Waals surface area (Å²) in [6.45, 7) is 1.78. The fourth-order valence-corrected chi connectivity index (χ4v) is 1.26. The van der Waals surface area contributed by atoms with Crippen LogP contribution in [-0.4, -0.2) is 6.43 Å². The smallest absolute Gasteiger partial charge is 0.210 e. The van der Waals surface area contributed by atoms with E-state index in [1.165, 1.54) is 0 Å². The molecule has 0 bridgehead atoms. The standard InChI is InChI=1S/C10H12F2/c1-2-9(10(11)12)8-6-4-3-5-7-8/h3-7,9-10H,2H2,1H3/t9-/m1/s1. The molecule has 0 amide bonds. The van der Waals surface area contributed by atoms with Crippen LogP contribution in [0.25, 0.3) is 0 Å². The molecule has 1 aromatic carbocycles. The molecule has 0 N–H and O–H groups in total. The topological polar surface area (TPSA) is 0 Å². The second-order valence-electron chi connectivity index (χ2n) is 2.76. The van der Waals surface area contributed by atoms with Gasteiger partial charge in [-0.2, -0.15) is 0 Å². The van der Waals surface area contributed by atoms with Gasteiger partial charge in [0.15, 0.2) is 0 Å². The summed E-state index contributed by atoms with van der Waals surface area (Å²) in [6.07, 6.45) is -1.76. The Hall–Kier alpha value is -0.920. The fraction of sp³-hybridized carbons (Fsp3) is 0.400. The second-order valence-corrected chi connectivity index (χ2v) is 2.76. The molecule has 0 spiro atoms. The van der Waals surface area contributed by atoms with Crippen LogP contribution in [-0.2, 0) is 0 Å².